The Bertz CT molecular complexity index is 539. The van der Waals surface area contributed by atoms with Gasteiger partial charge in [0.15, 0.2) is 0 Å². The molecular formula is C23H42O5S3. The number of esters is 1. The number of unbranched alkanes of at least 4 members (excludes halogenated alkanes) is 9. The molecule has 31 heavy (non-hydrogen) atoms. The summed E-state index contributed by atoms with van der Waals surface area (Å²) in [5, 5.41) is 18.4. The average molecular weight is 495 g/mol. The maximum Gasteiger partial charge on any atom is 0.322 e. The third-order valence-corrected chi connectivity index (χ3v) is 8.00. The Morgan fingerprint density at radius 3 is 1.94 bits per heavy atom. The average Bonchev–Trinajstić information content (AvgIpc) is 2.69. The van der Waals surface area contributed by atoms with Crippen LogP contribution in [-0.2, 0) is 14.3 Å². The van der Waals surface area contributed by atoms with E-state index >= 15 is 0 Å². The molecule has 0 fully saturated rings. The van der Waals surface area contributed by atoms with Gasteiger partial charge in [0.25, 0.3) is 0 Å². The van der Waals surface area contributed by atoms with Crippen LogP contribution in [0.2, 0.25) is 0 Å². The number of carbonyl (C=O) groups is 2. The van der Waals surface area contributed by atoms with Gasteiger partial charge < -0.3 is 14.9 Å². The zero-order valence-electron chi connectivity index (χ0n) is 19.7. The number of carboxylic acids is 1. The Morgan fingerprint density at radius 2 is 1.45 bits per heavy atom. The molecule has 0 aliphatic rings. The molecule has 5 nitrogen and oxygen atoms in total. The van der Waals surface area contributed by atoms with Crippen molar-refractivity contribution in [2.45, 2.75) is 103 Å². The lowest BCUT2D eigenvalue weighted by atomic mass is 9.83. The summed E-state index contributed by atoms with van der Waals surface area (Å²) in [7, 11) is 0. The fourth-order valence-corrected chi connectivity index (χ4v) is 6.62. The Morgan fingerprint density at radius 1 is 0.935 bits per heavy atom. The van der Waals surface area contributed by atoms with Crippen molar-refractivity contribution in [1.29, 1.82) is 0 Å². The highest BCUT2D eigenvalue weighted by Gasteiger charge is 2.44. The maximum absolute atomic E-state index is 12.6. The highest BCUT2D eigenvalue weighted by Crippen LogP contribution is 2.41. The van der Waals surface area contributed by atoms with Crippen molar-refractivity contribution in [3.63, 3.8) is 0 Å². The highest BCUT2D eigenvalue weighted by atomic mass is 32.2. The lowest BCUT2D eigenvalue weighted by Crippen LogP contribution is -2.42. The summed E-state index contributed by atoms with van der Waals surface area (Å²) in [6.07, 6.45) is 12.9. The van der Waals surface area contributed by atoms with E-state index in [1.165, 1.54) is 69.5 Å². The van der Waals surface area contributed by atoms with Gasteiger partial charge in [-0.1, -0.05) is 88.7 Å². The first-order valence-electron chi connectivity index (χ1n) is 11.5. The van der Waals surface area contributed by atoms with E-state index in [0.29, 0.717) is 3.53 Å². The first kappa shape index (κ1) is 30.7. The number of hydrogen-bond acceptors (Lipinski definition) is 7. The minimum Gasteiger partial charge on any atom is -0.481 e. The molecule has 0 rings (SSSR count). The monoisotopic (exact) mass is 494 g/mol. The van der Waals surface area contributed by atoms with Crippen LogP contribution < -0.4 is 0 Å². The molecule has 8 heteroatoms. The number of carbonyl (C=O) groups excluding carboxylic acids is 1. The zero-order valence-corrected chi connectivity index (χ0v) is 22.2. The van der Waals surface area contributed by atoms with Crippen molar-refractivity contribution < 1.29 is 24.5 Å². The van der Waals surface area contributed by atoms with Crippen molar-refractivity contribution in [3.8, 4) is 0 Å². The molecule has 182 valence electrons. The zero-order chi connectivity index (χ0) is 23.8. The first-order valence-corrected chi connectivity index (χ1v) is 13.7. The molecule has 0 spiro atoms. The number of rotatable bonds is 18. The standard InChI is InChI=1S/C23H42O5S3/c1-5-6-7-8-9-10-11-12-13-14-17-30-21(29)31-23(4,20(27)28-16-15-24)18-22(2,3)19(25)26/h24H,5-18H2,1-4H3,(H,25,26). The van der Waals surface area contributed by atoms with Crippen molar-refractivity contribution >= 4 is 51.2 Å². The molecule has 0 aromatic heterocycles. The molecule has 0 aliphatic carbocycles. The van der Waals surface area contributed by atoms with Crippen molar-refractivity contribution in [2.75, 3.05) is 19.0 Å². The molecule has 0 aromatic rings. The van der Waals surface area contributed by atoms with E-state index < -0.39 is 22.1 Å². The molecular weight excluding hydrogens is 452 g/mol. The van der Waals surface area contributed by atoms with Gasteiger partial charge in [0, 0.05) is 0 Å². The number of thiocarbonyl (C=S) groups is 1. The normalized spacial score (nSPS) is 13.6. The summed E-state index contributed by atoms with van der Waals surface area (Å²) in [5.41, 5.74) is -1.10. The van der Waals surface area contributed by atoms with Gasteiger partial charge in [-0.2, -0.15) is 0 Å². The van der Waals surface area contributed by atoms with E-state index in [1.54, 1.807) is 32.5 Å². The van der Waals surface area contributed by atoms with Crippen LogP contribution >= 0.6 is 35.7 Å². The molecule has 2 N–H and O–H groups in total. The van der Waals surface area contributed by atoms with Crippen molar-refractivity contribution in [3.05, 3.63) is 0 Å². The van der Waals surface area contributed by atoms with Crippen LogP contribution in [0.3, 0.4) is 0 Å². The number of aliphatic hydroxyl groups excluding tert-OH is 1. The van der Waals surface area contributed by atoms with E-state index in [4.69, 9.17) is 22.1 Å². The molecule has 0 aromatic carbocycles. The second-order valence-electron chi connectivity index (χ2n) is 8.84. The SMILES string of the molecule is CCCCCCCCCCCCSC(=S)SC(C)(CC(C)(C)C(=O)O)C(=O)OCCO. The maximum atomic E-state index is 12.6. The Balaban J connectivity index is 4.36. The van der Waals surface area contributed by atoms with E-state index in [1.807, 2.05) is 0 Å². The molecule has 0 heterocycles. The second-order valence-corrected chi connectivity index (χ2v) is 12.6. The van der Waals surface area contributed by atoms with Gasteiger partial charge >= 0.3 is 11.9 Å². The van der Waals surface area contributed by atoms with Gasteiger partial charge in [0.1, 0.15) is 14.9 Å². The molecule has 0 aliphatic heterocycles. The van der Waals surface area contributed by atoms with E-state index in [2.05, 4.69) is 6.92 Å². The Kier molecular flexibility index (Phi) is 17.0. The molecule has 0 amide bonds. The highest BCUT2D eigenvalue weighted by molar-refractivity contribution is 8.47. The molecule has 0 saturated carbocycles. The second kappa shape index (κ2) is 17.2. The largest absolute Gasteiger partial charge is 0.481 e. The summed E-state index contributed by atoms with van der Waals surface area (Å²) in [6, 6.07) is 0. The lowest BCUT2D eigenvalue weighted by Gasteiger charge is -2.32. The van der Waals surface area contributed by atoms with Crippen LogP contribution in [0.15, 0.2) is 0 Å². The number of aliphatic hydroxyl groups is 1. The third kappa shape index (κ3) is 14.5. The predicted octanol–water partition coefficient (Wildman–Crippen LogP) is 6.45. The van der Waals surface area contributed by atoms with Crippen LogP contribution in [0.4, 0.5) is 0 Å². The summed E-state index contributed by atoms with van der Waals surface area (Å²) in [5.74, 6) is -0.618. The molecule has 1 atom stereocenters. The summed E-state index contributed by atoms with van der Waals surface area (Å²) in [4.78, 5) is 24.2. The van der Waals surface area contributed by atoms with E-state index in [0.717, 1.165) is 12.2 Å². The fourth-order valence-electron chi connectivity index (χ4n) is 3.32. The first-order chi connectivity index (χ1) is 14.6. The Hall–Kier alpha value is -0.310. The number of ether oxygens (including phenoxy) is 1. The van der Waals surface area contributed by atoms with Gasteiger partial charge in [0.2, 0.25) is 0 Å². The van der Waals surface area contributed by atoms with Crippen LogP contribution in [0.5, 0.6) is 0 Å². The predicted molar refractivity (Wildman–Crippen MR) is 137 cm³/mol. The molecule has 0 radical (unpaired) electrons. The fraction of sp³-hybridized carbons (Fsp3) is 0.870. The number of carboxylic acid groups (broad SMARTS) is 1. The van der Waals surface area contributed by atoms with Gasteiger partial charge in [-0.15, -0.1) is 11.8 Å². The van der Waals surface area contributed by atoms with Crippen molar-refractivity contribution in [2.24, 2.45) is 5.41 Å². The molecule has 1 unspecified atom stereocenters. The van der Waals surface area contributed by atoms with Crippen LogP contribution in [-0.4, -0.2) is 49.4 Å². The smallest absolute Gasteiger partial charge is 0.322 e. The van der Waals surface area contributed by atoms with E-state index in [-0.39, 0.29) is 19.6 Å². The van der Waals surface area contributed by atoms with Crippen LogP contribution in [0, 0.1) is 5.41 Å². The van der Waals surface area contributed by atoms with Gasteiger partial charge in [-0.3, -0.25) is 9.59 Å². The number of hydrogen-bond donors (Lipinski definition) is 2. The summed E-state index contributed by atoms with van der Waals surface area (Å²) >= 11 is 8.23. The summed E-state index contributed by atoms with van der Waals surface area (Å²) in [6.45, 7) is 6.71. The van der Waals surface area contributed by atoms with E-state index in [9.17, 15) is 14.7 Å². The van der Waals surface area contributed by atoms with Crippen LogP contribution in [0.1, 0.15) is 98.3 Å². The lowest BCUT2D eigenvalue weighted by molar-refractivity contribution is -0.151. The third-order valence-electron chi connectivity index (χ3n) is 5.14. The minimum atomic E-state index is -1.11. The summed E-state index contributed by atoms with van der Waals surface area (Å²) < 4.78 is 4.64. The topological polar surface area (TPSA) is 83.8 Å². The molecule has 0 bridgehead atoms. The van der Waals surface area contributed by atoms with Crippen LogP contribution in [0.25, 0.3) is 0 Å². The Labute approximate surface area is 202 Å². The number of thioether (sulfide) groups is 2. The minimum absolute atomic E-state index is 0.0865. The van der Waals surface area contributed by atoms with Gasteiger partial charge in [-0.05, 0) is 39.4 Å². The molecule has 0 saturated heterocycles. The van der Waals surface area contributed by atoms with Gasteiger partial charge in [-0.25, -0.2) is 0 Å². The van der Waals surface area contributed by atoms with Gasteiger partial charge in [0.05, 0.1) is 12.0 Å². The number of aliphatic carboxylic acids is 1. The quantitative estimate of drug-likeness (QED) is 0.128. The van der Waals surface area contributed by atoms with Crippen molar-refractivity contribution in [1.82, 2.24) is 0 Å².